The fourth-order valence-electron chi connectivity index (χ4n) is 1.83. The zero-order chi connectivity index (χ0) is 14.3. The lowest BCUT2D eigenvalue weighted by Crippen LogP contribution is -2.25. The minimum absolute atomic E-state index is 0.0268. The van der Waals surface area contributed by atoms with Crippen LogP contribution in [0.2, 0.25) is 0 Å². The van der Waals surface area contributed by atoms with E-state index in [2.05, 4.69) is 5.32 Å². The van der Waals surface area contributed by atoms with Gasteiger partial charge in [0, 0.05) is 19.6 Å². The van der Waals surface area contributed by atoms with E-state index in [0.717, 1.165) is 24.2 Å². The van der Waals surface area contributed by atoms with Crippen LogP contribution in [0.25, 0.3) is 0 Å². The smallest absolute Gasteiger partial charge is 0.313 e. The fraction of sp³-hybridized carbons (Fsp3) is 0.571. The van der Waals surface area contributed by atoms with Gasteiger partial charge in [-0.05, 0) is 24.7 Å². The molecular weight excluding hydrogens is 253 g/mol. The van der Waals surface area contributed by atoms with E-state index >= 15 is 0 Å². The molecule has 0 heterocycles. The van der Waals surface area contributed by atoms with Crippen LogP contribution in [0.4, 0.5) is 13.2 Å². The molecule has 0 saturated carbocycles. The number of halogens is 3. The van der Waals surface area contributed by atoms with Crippen molar-refractivity contribution in [1.29, 1.82) is 0 Å². The Kier molecular flexibility index (Phi) is 6.31. The van der Waals surface area contributed by atoms with Crippen LogP contribution in [0, 0.1) is 0 Å². The predicted octanol–water partition coefficient (Wildman–Crippen LogP) is 3.18. The third-order valence-corrected chi connectivity index (χ3v) is 2.90. The Balaban J connectivity index is 2.55. The summed E-state index contributed by atoms with van der Waals surface area (Å²) in [5.41, 5.74) is 2.22. The molecule has 0 aromatic heterocycles. The molecule has 0 fully saturated rings. The second-order valence-corrected chi connectivity index (χ2v) is 4.65. The molecule has 0 aliphatic rings. The summed E-state index contributed by atoms with van der Waals surface area (Å²) in [6, 6.07) is 7.85. The van der Waals surface area contributed by atoms with Gasteiger partial charge < -0.3 is 10.2 Å². The van der Waals surface area contributed by atoms with Crippen molar-refractivity contribution < 1.29 is 13.2 Å². The summed E-state index contributed by atoms with van der Waals surface area (Å²) in [6.45, 7) is 4.22. The van der Waals surface area contributed by atoms with Crippen molar-refractivity contribution in [3.05, 3.63) is 35.4 Å². The topological polar surface area (TPSA) is 15.3 Å². The average molecular weight is 274 g/mol. The highest BCUT2D eigenvalue weighted by molar-refractivity contribution is 5.26. The average Bonchev–Trinajstić information content (AvgIpc) is 2.34. The summed E-state index contributed by atoms with van der Waals surface area (Å²) in [5, 5.41) is 3.24. The van der Waals surface area contributed by atoms with Gasteiger partial charge in [0.05, 0.1) is 6.42 Å². The van der Waals surface area contributed by atoms with E-state index in [-0.39, 0.29) is 6.54 Å². The number of hydrogen-bond donors (Lipinski definition) is 1. The van der Waals surface area contributed by atoms with Crippen LogP contribution in [0.15, 0.2) is 24.3 Å². The van der Waals surface area contributed by atoms with Gasteiger partial charge in [-0.25, -0.2) is 0 Å². The van der Waals surface area contributed by atoms with Crippen LogP contribution in [-0.2, 0) is 13.1 Å². The Bertz CT molecular complexity index is 377. The Morgan fingerprint density at radius 3 is 2.37 bits per heavy atom. The van der Waals surface area contributed by atoms with Gasteiger partial charge in [0.1, 0.15) is 0 Å². The molecule has 2 nitrogen and oxygen atoms in total. The van der Waals surface area contributed by atoms with E-state index in [4.69, 9.17) is 0 Å². The number of benzene rings is 1. The quantitative estimate of drug-likeness (QED) is 0.821. The minimum Gasteiger partial charge on any atom is -0.313 e. The SMILES string of the molecule is CCNCc1ccccc1CN(C)CCC(F)(F)F. The van der Waals surface area contributed by atoms with Crippen molar-refractivity contribution in [2.24, 2.45) is 0 Å². The first-order chi connectivity index (χ1) is 8.92. The van der Waals surface area contributed by atoms with Gasteiger partial charge in [-0.15, -0.1) is 0 Å². The van der Waals surface area contributed by atoms with Crippen molar-refractivity contribution >= 4 is 0 Å². The number of rotatable bonds is 7. The van der Waals surface area contributed by atoms with Crippen LogP contribution in [0.1, 0.15) is 24.5 Å². The summed E-state index contributed by atoms with van der Waals surface area (Å²) in [7, 11) is 1.72. The molecule has 108 valence electrons. The summed E-state index contributed by atoms with van der Waals surface area (Å²) in [4.78, 5) is 1.71. The van der Waals surface area contributed by atoms with E-state index < -0.39 is 12.6 Å². The van der Waals surface area contributed by atoms with E-state index in [0.29, 0.717) is 6.54 Å². The lowest BCUT2D eigenvalue weighted by Gasteiger charge is -2.19. The monoisotopic (exact) mass is 274 g/mol. The maximum atomic E-state index is 12.2. The first-order valence-corrected chi connectivity index (χ1v) is 6.45. The molecule has 5 heteroatoms. The second-order valence-electron chi connectivity index (χ2n) is 4.65. The standard InChI is InChI=1S/C14H21F3N2/c1-3-18-10-12-6-4-5-7-13(12)11-19(2)9-8-14(15,16)17/h4-7,18H,3,8-11H2,1-2H3. The molecule has 1 aromatic carbocycles. The van der Waals surface area contributed by atoms with Crippen molar-refractivity contribution in [3.8, 4) is 0 Å². The van der Waals surface area contributed by atoms with Crippen molar-refractivity contribution in [3.63, 3.8) is 0 Å². The first-order valence-electron chi connectivity index (χ1n) is 6.45. The third kappa shape index (κ3) is 6.59. The van der Waals surface area contributed by atoms with Crippen molar-refractivity contribution in [1.82, 2.24) is 10.2 Å². The Morgan fingerprint density at radius 1 is 1.16 bits per heavy atom. The third-order valence-electron chi connectivity index (χ3n) is 2.90. The Labute approximate surface area is 112 Å². The van der Waals surface area contributed by atoms with Crippen LogP contribution in [0.5, 0.6) is 0 Å². The van der Waals surface area contributed by atoms with Gasteiger partial charge in [-0.2, -0.15) is 13.2 Å². The van der Waals surface area contributed by atoms with Crippen LogP contribution < -0.4 is 5.32 Å². The van der Waals surface area contributed by atoms with E-state index in [1.165, 1.54) is 0 Å². The normalized spacial score (nSPS) is 12.1. The van der Waals surface area contributed by atoms with Crippen molar-refractivity contribution in [2.75, 3.05) is 20.1 Å². The molecule has 0 radical (unpaired) electrons. The molecule has 0 amide bonds. The molecule has 1 N–H and O–H groups in total. The van der Waals surface area contributed by atoms with Gasteiger partial charge in [-0.1, -0.05) is 31.2 Å². The molecule has 0 aliphatic carbocycles. The maximum Gasteiger partial charge on any atom is 0.390 e. The minimum atomic E-state index is -4.09. The van der Waals surface area contributed by atoms with Gasteiger partial charge >= 0.3 is 6.18 Å². The van der Waals surface area contributed by atoms with E-state index in [1.54, 1.807) is 11.9 Å². The molecule has 1 rings (SSSR count). The van der Waals surface area contributed by atoms with Gasteiger partial charge in [-0.3, -0.25) is 0 Å². The zero-order valence-corrected chi connectivity index (χ0v) is 11.4. The molecule has 0 spiro atoms. The second kappa shape index (κ2) is 7.50. The van der Waals surface area contributed by atoms with Gasteiger partial charge in [0.15, 0.2) is 0 Å². The lowest BCUT2D eigenvalue weighted by molar-refractivity contribution is -0.137. The molecule has 1 aromatic rings. The zero-order valence-electron chi connectivity index (χ0n) is 11.4. The summed E-state index contributed by atoms with van der Waals surface area (Å²) < 4.78 is 36.5. The van der Waals surface area contributed by atoms with E-state index in [9.17, 15) is 13.2 Å². The summed E-state index contributed by atoms with van der Waals surface area (Å²) >= 11 is 0. The van der Waals surface area contributed by atoms with Crippen LogP contribution in [-0.4, -0.2) is 31.2 Å². The summed E-state index contributed by atoms with van der Waals surface area (Å²) in [5.74, 6) is 0. The number of hydrogen-bond acceptors (Lipinski definition) is 2. The van der Waals surface area contributed by atoms with E-state index in [1.807, 2.05) is 31.2 Å². The highest BCUT2D eigenvalue weighted by Gasteiger charge is 2.27. The molecular formula is C14H21F3N2. The molecule has 0 atom stereocenters. The van der Waals surface area contributed by atoms with Crippen LogP contribution in [0.3, 0.4) is 0 Å². The largest absolute Gasteiger partial charge is 0.390 e. The van der Waals surface area contributed by atoms with Gasteiger partial charge in [0.2, 0.25) is 0 Å². The Hall–Kier alpha value is -1.07. The lowest BCUT2D eigenvalue weighted by atomic mass is 10.1. The number of nitrogens with zero attached hydrogens (tertiary/aromatic N) is 1. The molecule has 0 unspecified atom stereocenters. The molecule has 0 saturated heterocycles. The fourth-order valence-corrected chi connectivity index (χ4v) is 1.83. The molecule has 0 aliphatic heterocycles. The number of nitrogens with one attached hydrogen (secondary N) is 1. The van der Waals surface area contributed by atoms with Crippen LogP contribution >= 0.6 is 0 Å². The predicted molar refractivity (Wildman–Crippen MR) is 70.8 cm³/mol. The highest BCUT2D eigenvalue weighted by Crippen LogP contribution is 2.20. The molecule has 0 bridgehead atoms. The highest BCUT2D eigenvalue weighted by atomic mass is 19.4. The number of alkyl halides is 3. The summed E-state index contributed by atoms with van der Waals surface area (Å²) in [6.07, 6.45) is -4.85. The molecule has 19 heavy (non-hydrogen) atoms. The van der Waals surface area contributed by atoms with Crippen molar-refractivity contribution in [2.45, 2.75) is 32.6 Å². The first kappa shape index (κ1) is 16.0. The maximum absolute atomic E-state index is 12.2. The Morgan fingerprint density at radius 2 is 1.79 bits per heavy atom. The van der Waals surface area contributed by atoms with Gasteiger partial charge in [0.25, 0.3) is 0 Å².